The number of methoxy groups -OCH3 is 1. The lowest BCUT2D eigenvalue weighted by Crippen LogP contribution is -2.53. The summed E-state index contributed by atoms with van der Waals surface area (Å²) in [4.78, 5) is 39.5. The second-order valence-electron chi connectivity index (χ2n) is 10.5. The highest BCUT2D eigenvalue weighted by Crippen LogP contribution is 2.37. The SMILES string of the molecule is COC(=O)c1cccc(-c2ccc3[nH]c(=O)c(-c4nc5ccccc5[nH]4)c(N[C@H]4CN5CCC4CC5)c3c2)c1. The molecule has 3 fully saturated rings. The van der Waals surface area contributed by atoms with Gasteiger partial charge in [-0.3, -0.25) is 4.79 Å². The van der Waals surface area contributed by atoms with Gasteiger partial charge in [0.15, 0.2) is 0 Å². The highest BCUT2D eigenvalue weighted by Gasteiger charge is 2.35. The molecule has 0 radical (unpaired) electrons. The Labute approximate surface area is 225 Å². The molecule has 8 nitrogen and oxygen atoms in total. The van der Waals surface area contributed by atoms with Crippen LogP contribution in [0, 0.1) is 5.92 Å². The van der Waals surface area contributed by atoms with E-state index in [1.54, 1.807) is 6.07 Å². The van der Waals surface area contributed by atoms with Gasteiger partial charge in [0.2, 0.25) is 0 Å². The Balaban J connectivity index is 1.42. The monoisotopic (exact) mass is 519 g/mol. The summed E-state index contributed by atoms with van der Waals surface area (Å²) >= 11 is 0. The number of hydrogen-bond acceptors (Lipinski definition) is 6. The van der Waals surface area contributed by atoms with Gasteiger partial charge in [-0.15, -0.1) is 0 Å². The van der Waals surface area contributed by atoms with Crippen LogP contribution in [0.3, 0.4) is 0 Å². The fourth-order valence-corrected chi connectivity index (χ4v) is 6.18. The Morgan fingerprint density at radius 2 is 1.79 bits per heavy atom. The second kappa shape index (κ2) is 9.39. The number of aromatic amines is 2. The standard InChI is InChI=1S/C31H29N5O3/c1-39-31(38)21-6-4-5-19(15-21)20-9-10-23-22(16-20)28(32-26-17-36-13-11-18(26)12-14-36)27(30(37)35-23)29-33-24-7-2-3-8-25(24)34-29/h2-10,15-16,18,26H,11-14,17H2,1H3,(H,33,34)(H2,32,35,37)/t26-/m0/s1. The third-order valence-corrected chi connectivity index (χ3v) is 8.24. The van der Waals surface area contributed by atoms with Gasteiger partial charge >= 0.3 is 5.97 Å². The number of aromatic nitrogens is 3. The molecule has 0 aliphatic carbocycles. The lowest BCUT2D eigenvalue weighted by atomic mass is 9.83. The summed E-state index contributed by atoms with van der Waals surface area (Å²) in [5, 5.41) is 4.73. The number of hydrogen-bond donors (Lipinski definition) is 3. The third-order valence-electron chi connectivity index (χ3n) is 8.24. The number of benzene rings is 3. The van der Waals surface area contributed by atoms with Crippen molar-refractivity contribution in [1.82, 2.24) is 19.9 Å². The lowest BCUT2D eigenvalue weighted by molar-refractivity contribution is 0.0601. The van der Waals surface area contributed by atoms with E-state index in [1.165, 1.54) is 7.11 Å². The number of nitrogens with zero attached hydrogens (tertiary/aromatic N) is 2. The molecule has 0 amide bonds. The Hall–Kier alpha value is -4.43. The molecule has 8 rings (SSSR count). The highest BCUT2D eigenvalue weighted by molar-refractivity contribution is 6.01. The molecule has 3 N–H and O–H groups in total. The molecule has 196 valence electrons. The largest absolute Gasteiger partial charge is 0.465 e. The topological polar surface area (TPSA) is 103 Å². The van der Waals surface area contributed by atoms with Crippen LogP contribution in [0.25, 0.3) is 44.5 Å². The zero-order chi connectivity index (χ0) is 26.5. The number of pyridine rings is 1. The molecule has 0 spiro atoms. The van der Waals surface area contributed by atoms with Crippen LogP contribution in [-0.4, -0.2) is 58.6 Å². The zero-order valence-corrected chi connectivity index (χ0v) is 21.7. The van der Waals surface area contributed by atoms with Crippen LogP contribution >= 0.6 is 0 Å². The lowest BCUT2D eigenvalue weighted by Gasteiger charge is -2.45. The number of esters is 1. The van der Waals surface area contributed by atoms with Crippen molar-refractivity contribution in [3.05, 3.63) is 82.6 Å². The Morgan fingerprint density at radius 1 is 0.974 bits per heavy atom. The van der Waals surface area contributed by atoms with Crippen LogP contribution in [0.4, 0.5) is 5.69 Å². The number of nitrogens with one attached hydrogen (secondary N) is 3. The van der Waals surface area contributed by atoms with Gasteiger partial charge in [0.05, 0.1) is 34.9 Å². The first kappa shape index (κ1) is 23.7. The Morgan fingerprint density at radius 3 is 2.56 bits per heavy atom. The number of imidazole rings is 1. The molecule has 3 saturated heterocycles. The number of ether oxygens (including phenoxy) is 1. The number of carbonyl (C=O) groups excluding carboxylic acids is 1. The summed E-state index contributed by atoms with van der Waals surface area (Å²) in [6.45, 7) is 3.23. The Bertz CT molecular complexity index is 1750. The van der Waals surface area contributed by atoms with Crippen molar-refractivity contribution in [2.75, 3.05) is 32.1 Å². The molecule has 2 aromatic heterocycles. The average molecular weight is 520 g/mol. The first-order chi connectivity index (χ1) is 19.1. The van der Waals surface area contributed by atoms with Crippen molar-refractivity contribution in [3.63, 3.8) is 0 Å². The van der Waals surface area contributed by atoms with Crippen molar-refractivity contribution in [1.29, 1.82) is 0 Å². The molecule has 3 aromatic carbocycles. The van der Waals surface area contributed by atoms with E-state index in [0.717, 1.165) is 71.2 Å². The summed E-state index contributed by atoms with van der Waals surface area (Å²) in [7, 11) is 1.38. The molecule has 2 bridgehead atoms. The maximum absolute atomic E-state index is 13.6. The number of piperidine rings is 3. The van der Waals surface area contributed by atoms with E-state index in [-0.39, 0.29) is 17.6 Å². The van der Waals surface area contributed by atoms with E-state index in [4.69, 9.17) is 9.72 Å². The highest BCUT2D eigenvalue weighted by atomic mass is 16.5. The maximum Gasteiger partial charge on any atom is 0.337 e. The fraction of sp³-hybridized carbons (Fsp3) is 0.258. The Kier molecular flexibility index (Phi) is 5.70. The van der Waals surface area contributed by atoms with Crippen LogP contribution < -0.4 is 10.9 Å². The summed E-state index contributed by atoms with van der Waals surface area (Å²) in [6.07, 6.45) is 2.31. The minimum Gasteiger partial charge on any atom is -0.465 e. The van der Waals surface area contributed by atoms with E-state index in [1.807, 2.05) is 54.6 Å². The predicted molar refractivity (Wildman–Crippen MR) is 153 cm³/mol. The van der Waals surface area contributed by atoms with Crippen molar-refractivity contribution in [2.45, 2.75) is 18.9 Å². The molecule has 0 unspecified atom stereocenters. The summed E-state index contributed by atoms with van der Waals surface area (Å²) in [5.41, 5.74) is 5.88. The van der Waals surface area contributed by atoms with Gasteiger partial charge in [0, 0.05) is 18.0 Å². The number of carbonyl (C=O) groups is 1. The second-order valence-corrected chi connectivity index (χ2v) is 10.5. The van der Waals surface area contributed by atoms with Gasteiger partial charge < -0.3 is 24.9 Å². The summed E-state index contributed by atoms with van der Waals surface area (Å²) in [6, 6.07) is 21.4. The van der Waals surface area contributed by atoms with Crippen molar-refractivity contribution in [3.8, 4) is 22.5 Å². The molecular formula is C31H29N5O3. The normalized spacial score (nSPS) is 20.4. The molecular weight excluding hydrogens is 490 g/mol. The summed E-state index contributed by atoms with van der Waals surface area (Å²) in [5.74, 6) is 0.729. The van der Waals surface area contributed by atoms with Gasteiger partial charge in [-0.05, 0) is 79.4 Å². The van der Waals surface area contributed by atoms with Crippen molar-refractivity contribution in [2.24, 2.45) is 5.92 Å². The van der Waals surface area contributed by atoms with Gasteiger partial charge in [0.25, 0.3) is 5.56 Å². The zero-order valence-electron chi connectivity index (χ0n) is 21.7. The fourth-order valence-electron chi connectivity index (χ4n) is 6.18. The molecule has 0 saturated carbocycles. The quantitative estimate of drug-likeness (QED) is 0.282. The van der Waals surface area contributed by atoms with Gasteiger partial charge in [0.1, 0.15) is 11.4 Å². The molecule has 8 heteroatoms. The maximum atomic E-state index is 13.6. The van der Waals surface area contributed by atoms with E-state index >= 15 is 0 Å². The van der Waals surface area contributed by atoms with Crippen LogP contribution in [0.2, 0.25) is 0 Å². The number of fused-ring (bicyclic) bond motifs is 5. The summed E-state index contributed by atoms with van der Waals surface area (Å²) < 4.78 is 4.93. The van der Waals surface area contributed by atoms with Crippen molar-refractivity contribution >= 4 is 33.6 Å². The number of anilines is 1. The molecule has 3 aliphatic heterocycles. The third kappa shape index (κ3) is 4.17. The first-order valence-electron chi connectivity index (χ1n) is 13.4. The van der Waals surface area contributed by atoms with E-state index in [9.17, 15) is 9.59 Å². The van der Waals surface area contributed by atoms with E-state index in [0.29, 0.717) is 22.9 Å². The number of para-hydroxylation sites is 2. The van der Waals surface area contributed by atoms with Gasteiger partial charge in [-0.25, -0.2) is 9.78 Å². The molecule has 5 heterocycles. The van der Waals surface area contributed by atoms with E-state index in [2.05, 4.69) is 26.3 Å². The van der Waals surface area contributed by atoms with Gasteiger partial charge in [-0.1, -0.05) is 30.3 Å². The molecule has 5 aromatic rings. The molecule has 1 atom stereocenters. The van der Waals surface area contributed by atoms with Gasteiger partial charge in [-0.2, -0.15) is 0 Å². The van der Waals surface area contributed by atoms with Crippen LogP contribution in [0.5, 0.6) is 0 Å². The van der Waals surface area contributed by atoms with Crippen LogP contribution in [0.15, 0.2) is 71.5 Å². The first-order valence-corrected chi connectivity index (χ1v) is 13.4. The number of H-pyrrole nitrogens is 2. The predicted octanol–water partition coefficient (Wildman–Crippen LogP) is 5.03. The van der Waals surface area contributed by atoms with Crippen LogP contribution in [-0.2, 0) is 4.74 Å². The van der Waals surface area contributed by atoms with Crippen molar-refractivity contribution < 1.29 is 9.53 Å². The van der Waals surface area contributed by atoms with Crippen LogP contribution in [0.1, 0.15) is 23.2 Å². The molecule has 3 aliphatic rings. The smallest absolute Gasteiger partial charge is 0.337 e. The minimum absolute atomic E-state index is 0.189. The van der Waals surface area contributed by atoms with E-state index < -0.39 is 0 Å². The molecule has 39 heavy (non-hydrogen) atoms. The average Bonchev–Trinajstić information content (AvgIpc) is 3.41. The minimum atomic E-state index is -0.376. The number of rotatable bonds is 5.